The van der Waals surface area contributed by atoms with Crippen LogP contribution in [0.5, 0.6) is 0 Å². The number of halogens is 1. The third-order valence-corrected chi connectivity index (χ3v) is 3.81. The van der Waals surface area contributed by atoms with E-state index in [1.807, 2.05) is 6.07 Å². The highest BCUT2D eigenvalue weighted by Gasteiger charge is 2.19. The molecular formula is C20H22FN3O2. The largest absolute Gasteiger partial charge is 0.381 e. The van der Waals surface area contributed by atoms with Crippen LogP contribution >= 0.6 is 0 Å². The van der Waals surface area contributed by atoms with Crippen LogP contribution in [0.1, 0.15) is 22.8 Å². The van der Waals surface area contributed by atoms with E-state index in [2.05, 4.69) is 22.5 Å². The van der Waals surface area contributed by atoms with Gasteiger partial charge in [-0.25, -0.2) is 4.39 Å². The average molecular weight is 355 g/mol. The highest BCUT2D eigenvalue weighted by molar-refractivity contribution is 6.03. The van der Waals surface area contributed by atoms with Crippen LogP contribution in [0.25, 0.3) is 0 Å². The van der Waals surface area contributed by atoms with E-state index in [9.17, 15) is 14.0 Å². The minimum Gasteiger partial charge on any atom is -0.381 e. The van der Waals surface area contributed by atoms with Crippen molar-refractivity contribution >= 4 is 23.2 Å². The third kappa shape index (κ3) is 4.92. The maximum Gasteiger partial charge on any atom is 0.254 e. The zero-order chi connectivity index (χ0) is 19.1. The van der Waals surface area contributed by atoms with Gasteiger partial charge in [-0.1, -0.05) is 24.3 Å². The lowest BCUT2D eigenvalue weighted by atomic mass is 10.1. The number of hydrogen-bond acceptors (Lipinski definition) is 3. The number of hydrogen-bond donors (Lipinski definition) is 3. The summed E-state index contributed by atoms with van der Waals surface area (Å²) in [5.41, 5.74) is 2.19. The Kier molecular flexibility index (Phi) is 6.49. The van der Waals surface area contributed by atoms with E-state index in [1.165, 1.54) is 12.1 Å². The van der Waals surface area contributed by atoms with Gasteiger partial charge in [-0.15, -0.1) is 6.58 Å². The number of carbonyl (C=O) groups is 2. The second kappa shape index (κ2) is 8.80. The molecular weight excluding hydrogens is 333 g/mol. The molecule has 0 heterocycles. The van der Waals surface area contributed by atoms with Crippen molar-refractivity contribution in [3.8, 4) is 0 Å². The summed E-state index contributed by atoms with van der Waals surface area (Å²) >= 11 is 0. The molecule has 6 heteroatoms. The van der Waals surface area contributed by atoms with Crippen molar-refractivity contribution in [3.05, 3.63) is 72.1 Å². The van der Waals surface area contributed by atoms with Crippen molar-refractivity contribution in [1.29, 1.82) is 0 Å². The SMILES string of the molecule is C=CCNc1ccccc1C(=O)NC(C)C(=O)Nc1cc(F)ccc1C. The zero-order valence-corrected chi connectivity index (χ0v) is 14.8. The van der Waals surface area contributed by atoms with Gasteiger partial charge < -0.3 is 16.0 Å². The number of para-hydroxylation sites is 1. The minimum atomic E-state index is -0.794. The Bertz CT molecular complexity index is 820. The van der Waals surface area contributed by atoms with Crippen LogP contribution < -0.4 is 16.0 Å². The van der Waals surface area contributed by atoms with E-state index in [0.29, 0.717) is 23.5 Å². The molecule has 1 unspecified atom stereocenters. The van der Waals surface area contributed by atoms with Crippen LogP contribution in [0.4, 0.5) is 15.8 Å². The number of aryl methyl sites for hydroxylation is 1. The number of rotatable bonds is 7. The van der Waals surface area contributed by atoms with Crippen LogP contribution in [0.15, 0.2) is 55.1 Å². The van der Waals surface area contributed by atoms with Crippen molar-refractivity contribution in [3.63, 3.8) is 0 Å². The van der Waals surface area contributed by atoms with Crippen LogP contribution in [0.3, 0.4) is 0 Å². The number of nitrogens with one attached hydrogen (secondary N) is 3. The predicted molar refractivity (Wildman–Crippen MR) is 102 cm³/mol. The summed E-state index contributed by atoms with van der Waals surface area (Å²) in [6.07, 6.45) is 1.69. The van der Waals surface area contributed by atoms with E-state index >= 15 is 0 Å². The topological polar surface area (TPSA) is 70.2 Å². The molecule has 2 amide bonds. The quantitative estimate of drug-likeness (QED) is 0.666. The number of benzene rings is 2. The van der Waals surface area contributed by atoms with Crippen LogP contribution in [-0.2, 0) is 4.79 Å². The van der Waals surface area contributed by atoms with E-state index < -0.39 is 17.8 Å². The first-order valence-corrected chi connectivity index (χ1v) is 8.24. The molecule has 2 aromatic carbocycles. The number of carbonyl (C=O) groups excluding carboxylic acids is 2. The Labute approximate surface area is 152 Å². The van der Waals surface area contributed by atoms with Gasteiger partial charge in [-0.3, -0.25) is 9.59 Å². The van der Waals surface area contributed by atoms with E-state index in [0.717, 1.165) is 5.56 Å². The predicted octanol–water partition coefficient (Wildman–Crippen LogP) is 3.49. The summed E-state index contributed by atoms with van der Waals surface area (Å²) in [6, 6.07) is 10.4. The van der Waals surface area contributed by atoms with Gasteiger partial charge in [0.1, 0.15) is 11.9 Å². The Morgan fingerprint density at radius 2 is 1.92 bits per heavy atom. The molecule has 0 aliphatic heterocycles. The van der Waals surface area contributed by atoms with Gasteiger partial charge in [-0.2, -0.15) is 0 Å². The Balaban J connectivity index is 2.05. The highest BCUT2D eigenvalue weighted by atomic mass is 19.1. The number of anilines is 2. The molecule has 0 radical (unpaired) electrons. The van der Waals surface area contributed by atoms with Gasteiger partial charge in [0.15, 0.2) is 0 Å². The Hall–Kier alpha value is -3.15. The molecule has 0 aliphatic rings. The molecule has 0 spiro atoms. The summed E-state index contributed by atoms with van der Waals surface area (Å²) in [6.45, 7) is 7.48. The van der Waals surface area contributed by atoms with Crippen molar-refractivity contribution in [2.75, 3.05) is 17.2 Å². The standard InChI is InChI=1S/C20H22FN3O2/c1-4-11-22-17-8-6-5-7-16(17)20(26)23-14(3)19(25)24-18-12-15(21)10-9-13(18)2/h4-10,12,14,22H,1,11H2,2-3H3,(H,23,26)(H,24,25). The first-order chi connectivity index (χ1) is 12.4. The first-order valence-electron chi connectivity index (χ1n) is 8.24. The molecule has 1 atom stereocenters. The molecule has 3 N–H and O–H groups in total. The monoisotopic (exact) mass is 355 g/mol. The second-order valence-corrected chi connectivity index (χ2v) is 5.86. The molecule has 136 valence electrons. The Morgan fingerprint density at radius 3 is 2.65 bits per heavy atom. The fourth-order valence-corrected chi connectivity index (χ4v) is 2.33. The van der Waals surface area contributed by atoms with Crippen molar-refractivity contribution in [2.45, 2.75) is 19.9 Å². The van der Waals surface area contributed by atoms with Crippen LogP contribution in [-0.4, -0.2) is 24.4 Å². The summed E-state index contributed by atoms with van der Waals surface area (Å²) in [4.78, 5) is 24.8. The average Bonchev–Trinajstić information content (AvgIpc) is 2.63. The maximum atomic E-state index is 13.3. The molecule has 2 aromatic rings. The smallest absolute Gasteiger partial charge is 0.254 e. The molecule has 0 saturated carbocycles. The lowest BCUT2D eigenvalue weighted by Gasteiger charge is -2.17. The Morgan fingerprint density at radius 1 is 1.19 bits per heavy atom. The maximum absolute atomic E-state index is 13.3. The van der Waals surface area contributed by atoms with E-state index in [1.54, 1.807) is 44.2 Å². The summed E-state index contributed by atoms with van der Waals surface area (Å²) in [5.74, 6) is -1.25. The minimum absolute atomic E-state index is 0.379. The van der Waals surface area contributed by atoms with Gasteiger partial charge in [0.25, 0.3) is 5.91 Å². The molecule has 0 bridgehead atoms. The molecule has 0 fully saturated rings. The number of amides is 2. The van der Waals surface area contributed by atoms with E-state index in [-0.39, 0.29) is 5.91 Å². The van der Waals surface area contributed by atoms with Gasteiger partial charge in [0, 0.05) is 17.9 Å². The fourth-order valence-electron chi connectivity index (χ4n) is 2.33. The molecule has 0 aromatic heterocycles. The molecule has 0 saturated heterocycles. The molecule has 5 nitrogen and oxygen atoms in total. The summed E-state index contributed by atoms with van der Waals surface area (Å²) in [7, 11) is 0. The summed E-state index contributed by atoms with van der Waals surface area (Å²) < 4.78 is 13.3. The molecule has 0 aliphatic carbocycles. The van der Waals surface area contributed by atoms with Gasteiger partial charge in [0.2, 0.25) is 5.91 Å². The lowest BCUT2D eigenvalue weighted by Crippen LogP contribution is -2.41. The molecule has 26 heavy (non-hydrogen) atoms. The first kappa shape index (κ1) is 19.2. The van der Waals surface area contributed by atoms with Gasteiger partial charge in [-0.05, 0) is 43.7 Å². The highest BCUT2D eigenvalue weighted by Crippen LogP contribution is 2.17. The third-order valence-electron chi connectivity index (χ3n) is 3.81. The summed E-state index contributed by atoms with van der Waals surface area (Å²) in [5, 5.41) is 8.37. The lowest BCUT2D eigenvalue weighted by molar-refractivity contribution is -0.117. The molecule has 2 rings (SSSR count). The van der Waals surface area contributed by atoms with E-state index in [4.69, 9.17) is 0 Å². The van der Waals surface area contributed by atoms with Crippen LogP contribution in [0.2, 0.25) is 0 Å². The van der Waals surface area contributed by atoms with Crippen molar-refractivity contribution < 1.29 is 14.0 Å². The zero-order valence-electron chi connectivity index (χ0n) is 14.8. The van der Waals surface area contributed by atoms with Crippen LogP contribution in [0, 0.1) is 12.7 Å². The van der Waals surface area contributed by atoms with Gasteiger partial charge >= 0.3 is 0 Å². The van der Waals surface area contributed by atoms with Gasteiger partial charge in [0.05, 0.1) is 5.56 Å². The van der Waals surface area contributed by atoms with Crippen molar-refractivity contribution in [2.24, 2.45) is 0 Å². The normalized spacial score (nSPS) is 11.3. The fraction of sp³-hybridized carbons (Fsp3) is 0.200. The second-order valence-electron chi connectivity index (χ2n) is 5.86. The van der Waals surface area contributed by atoms with Crippen molar-refractivity contribution in [1.82, 2.24) is 5.32 Å².